The Balaban J connectivity index is 3.17. The lowest BCUT2D eigenvalue weighted by Crippen LogP contribution is -2.31. The maximum absolute atomic E-state index is 11.5. The van der Waals surface area contributed by atoms with Crippen LogP contribution in [-0.4, -0.2) is 21.4 Å². The van der Waals surface area contributed by atoms with Crippen molar-refractivity contribution in [3.8, 4) is 0 Å². The maximum atomic E-state index is 11.5. The molecule has 0 amide bonds. The quantitative estimate of drug-likeness (QED) is 0.606. The fraction of sp³-hybridized carbons (Fsp3) is 0.400. The molecule has 2 unspecified atom stereocenters. The van der Waals surface area contributed by atoms with Crippen LogP contribution in [0, 0.1) is 6.92 Å². The molecule has 1 aromatic carbocycles. The van der Waals surface area contributed by atoms with Crippen LogP contribution in [0.3, 0.4) is 0 Å². The van der Waals surface area contributed by atoms with Crippen LogP contribution in [0.5, 0.6) is 0 Å². The van der Waals surface area contributed by atoms with Gasteiger partial charge in [-0.05, 0) is 35.1 Å². The first-order valence-corrected chi connectivity index (χ1v) is 8.24. The molecule has 0 radical (unpaired) electrons. The van der Waals surface area contributed by atoms with Crippen molar-refractivity contribution in [2.45, 2.75) is 14.7 Å². The minimum atomic E-state index is -3.41. The molecule has 2 atom stereocenters. The number of aryl methyl sites for hydroxylation is 1. The predicted molar refractivity (Wildman–Crippen MR) is 76.7 cm³/mol. The predicted octanol–water partition coefficient (Wildman–Crippen LogP) is 2.56. The summed E-state index contributed by atoms with van der Waals surface area (Å²) in [6.07, 6.45) is -0.0179. The number of alkyl halides is 2. The van der Waals surface area contributed by atoms with E-state index in [2.05, 4.69) is 15.9 Å². The first-order chi connectivity index (χ1) is 7.16. The summed E-state index contributed by atoms with van der Waals surface area (Å²) in [7, 11) is -3.41. The number of benzene rings is 1. The molecule has 6 heteroatoms. The van der Waals surface area contributed by atoms with Crippen molar-refractivity contribution >= 4 is 48.4 Å². The highest BCUT2D eigenvalue weighted by atomic mass is 127. The number of hydrogen-bond donors (Lipinski definition) is 1. The van der Waals surface area contributed by atoms with Crippen LogP contribution in [0.2, 0.25) is 0 Å². The van der Waals surface area contributed by atoms with Crippen molar-refractivity contribution < 1.29 is 13.5 Å². The minimum Gasteiger partial charge on any atom is -0.385 e. The Morgan fingerprint density at radius 3 is 2.50 bits per heavy atom. The average molecular weight is 419 g/mol. The summed E-state index contributed by atoms with van der Waals surface area (Å²) in [5.41, 5.74) is 1.56. The van der Waals surface area contributed by atoms with E-state index in [9.17, 15) is 13.5 Å². The fourth-order valence-corrected chi connectivity index (χ4v) is 2.40. The van der Waals surface area contributed by atoms with Gasteiger partial charge in [0.2, 0.25) is 1.66 Å². The van der Waals surface area contributed by atoms with Gasteiger partial charge in [-0.3, -0.25) is 0 Å². The van der Waals surface area contributed by atoms with Crippen LogP contribution < -0.4 is 0 Å². The second kappa shape index (κ2) is 4.91. The number of aliphatic hydroxyl groups is 1. The van der Waals surface area contributed by atoms with E-state index in [1.165, 1.54) is 0 Å². The molecule has 0 bridgehead atoms. The van der Waals surface area contributed by atoms with Crippen LogP contribution in [0.15, 0.2) is 24.3 Å². The van der Waals surface area contributed by atoms with Gasteiger partial charge in [0.05, 0.1) is 0 Å². The van der Waals surface area contributed by atoms with Crippen molar-refractivity contribution in [2.24, 2.45) is 0 Å². The third kappa shape index (κ3) is 2.96. The van der Waals surface area contributed by atoms with Crippen LogP contribution >= 0.6 is 38.5 Å². The molecule has 0 aliphatic heterocycles. The van der Waals surface area contributed by atoms with Gasteiger partial charge in [-0.25, -0.2) is 8.42 Å². The molecule has 0 fully saturated rings. The van der Waals surface area contributed by atoms with Crippen LogP contribution in [0.1, 0.15) is 17.2 Å². The van der Waals surface area contributed by atoms with E-state index in [1.54, 1.807) is 40.8 Å². The third-order valence-electron chi connectivity index (χ3n) is 2.17. The number of sulfone groups is 1. The van der Waals surface area contributed by atoms with Crippen molar-refractivity contribution in [3.05, 3.63) is 35.4 Å². The molecular formula is C10H12BrIO3S. The highest BCUT2D eigenvalue weighted by molar-refractivity contribution is 14.1. The molecule has 16 heavy (non-hydrogen) atoms. The van der Waals surface area contributed by atoms with Crippen molar-refractivity contribution in [1.82, 2.24) is 0 Å². The molecule has 0 saturated heterocycles. The standard InChI is InChI=1S/C10H12BrIO3S/c1-7-4-3-5-8(6-7)9(13)10(11,12)16(2,14)15/h3-6,9,13H,1-2H3. The monoisotopic (exact) mass is 418 g/mol. The fourth-order valence-electron chi connectivity index (χ4n) is 1.24. The van der Waals surface area contributed by atoms with Crippen LogP contribution in [0.25, 0.3) is 0 Å². The smallest absolute Gasteiger partial charge is 0.206 e. The Kier molecular flexibility index (Phi) is 4.42. The molecule has 0 saturated carbocycles. The Morgan fingerprint density at radius 2 is 2.06 bits per heavy atom. The lowest BCUT2D eigenvalue weighted by atomic mass is 10.1. The molecule has 1 N–H and O–H groups in total. The number of halogens is 2. The zero-order valence-corrected chi connectivity index (χ0v) is 13.4. The SMILES string of the molecule is Cc1cccc(C(O)C(Br)(I)S(C)(=O)=O)c1. The first kappa shape index (κ1) is 14.4. The van der Waals surface area contributed by atoms with Gasteiger partial charge in [-0.1, -0.05) is 45.8 Å². The van der Waals surface area contributed by atoms with Crippen LogP contribution in [-0.2, 0) is 9.84 Å². The molecule has 1 rings (SSSR count). The summed E-state index contributed by atoms with van der Waals surface area (Å²) in [5.74, 6) is 0. The summed E-state index contributed by atoms with van der Waals surface area (Å²) < 4.78 is 21.7. The van der Waals surface area contributed by atoms with E-state index in [0.717, 1.165) is 11.8 Å². The van der Waals surface area contributed by atoms with Gasteiger partial charge >= 0.3 is 0 Å². The Morgan fingerprint density at radius 1 is 1.50 bits per heavy atom. The van der Waals surface area contributed by atoms with Crippen LogP contribution in [0.4, 0.5) is 0 Å². The zero-order chi connectivity index (χ0) is 12.6. The molecule has 1 aromatic rings. The largest absolute Gasteiger partial charge is 0.385 e. The van der Waals surface area contributed by atoms with Gasteiger partial charge in [0, 0.05) is 6.26 Å². The highest BCUT2D eigenvalue weighted by Gasteiger charge is 2.43. The minimum absolute atomic E-state index is 0.580. The normalized spacial score (nSPS) is 17.8. The van der Waals surface area contributed by atoms with Crippen molar-refractivity contribution in [1.29, 1.82) is 0 Å². The summed E-state index contributed by atoms with van der Waals surface area (Å²) in [4.78, 5) is 0. The van der Waals surface area contributed by atoms with E-state index in [1.807, 2.05) is 13.0 Å². The first-order valence-electron chi connectivity index (χ1n) is 4.48. The molecule has 3 nitrogen and oxygen atoms in total. The van der Waals surface area contributed by atoms with Gasteiger partial charge in [0.25, 0.3) is 0 Å². The maximum Gasteiger partial charge on any atom is 0.206 e. The van der Waals surface area contributed by atoms with Gasteiger partial charge in [-0.2, -0.15) is 0 Å². The van der Waals surface area contributed by atoms with E-state index in [0.29, 0.717) is 5.56 Å². The third-order valence-corrected chi connectivity index (χ3v) is 8.57. The number of aliphatic hydroxyl groups excluding tert-OH is 1. The van der Waals surface area contributed by atoms with Crippen molar-refractivity contribution in [2.75, 3.05) is 6.26 Å². The molecule has 0 aromatic heterocycles. The summed E-state index contributed by atoms with van der Waals surface area (Å²) in [5, 5.41) is 10.1. The van der Waals surface area contributed by atoms with E-state index < -0.39 is 17.6 Å². The lowest BCUT2D eigenvalue weighted by Gasteiger charge is -2.25. The van der Waals surface area contributed by atoms with E-state index in [-0.39, 0.29) is 0 Å². The Labute approximate surface area is 117 Å². The molecule has 0 heterocycles. The number of hydrogen-bond acceptors (Lipinski definition) is 3. The summed E-state index contributed by atoms with van der Waals surface area (Å²) in [6, 6.07) is 7.15. The zero-order valence-electron chi connectivity index (χ0n) is 8.81. The molecule has 0 aliphatic carbocycles. The second-order valence-corrected chi connectivity index (χ2v) is 11.5. The Hall–Kier alpha value is 0.340. The Bertz CT molecular complexity index is 485. The van der Waals surface area contributed by atoms with E-state index >= 15 is 0 Å². The summed E-state index contributed by atoms with van der Waals surface area (Å²) >= 11 is 4.78. The highest BCUT2D eigenvalue weighted by Crippen LogP contribution is 2.44. The van der Waals surface area contributed by atoms with Gasteiger partial charge in [0.15, 0.2) is 9.84 Å². The van der Waals surface area contributed by atoms with E-state index in [4.69, 9.17) is 0 Å². The van der Waals surface area contributed by atoms with Gasteiger partial charge in [0.1, 0.15) is 6.10 Å². The molecule has 0 aliphatic rings. The van der Waals surface area contributed by atoms with Gasteiger partial charge < -0.3 is 5.11 Å². The topological polar surface area (TPSA) is 54.4 Å². The molecule has 0 spiro atoms. The second-order valence-electron chi connectivity index (χ2n) is 3.65. The average Bonchev–Trinajstić information content (AvgIpc) is 2.14. The molecule has 90 valence electrons. The summed E-state index contributed by atoms with van der Waals surface area (Å²) in [6.45, 7) is 1.89. The van der Waals surface area contributed by atoms with Crippen molar-refractivity contribution in [3.63, 3.8) is 0 Å². The molecular weight excluding hydrogens is 407 g/mol. The number of rotatable bonds is 3. The van der Waals surface area contributed by atoms with Gasteiger partial charge in [-0.15, -0.1) is 0 Å². The lowest BCUT2D eigenvalue weighted by molar-refractivity contribution is 0.191.